The van der Waals surface area contributed by atoms with Gasteiger partial charge in [0, 0.05) is 13.2 Å². The molecule has 5 nitrogen and oxygen atoms in total. The van der Waals surface area contributed by atoms with Crippen molar-refractivity contribution in [1.82, 2.24) is 5.32 Å². The summed E-state index contributed by atoms with van der Waals surface area (Å²) in [5.74, 6) is -0.517. The van der Waals surface area contributed by atoms with Gasteiger partial charge in [0.2, 0.25) is 0 Å². The van der Waals surface area contributed by atoms with Crippen molar-refractivity contribution in [2.24, 2.45) is 5.92 Å². The van der Waals surface area contributed by atoms with Gasteiger partial charge < -0.3 is 19.9 Å². The quantitative estimate of drug-likeness (QED) is 0.656. The summed E-state index contributed by atoms with van der Waals surface area (Å²) in [7, 11) is 1.46. The minimum absolute atomic E-state index is 0.0724. The summed E-state index contributed by atoms with van der Waals surface area (Å²) in [6.45, 7) is 4.80. The van der Waals surface area contributed by atoms with Gasteiger partial charge in [-0.15, -0.1) is 0 Å². The van der Waals surface area contributed by atoms with E-state index < -0.39 is 12.0 Å². The van der Waals surface area contributed by atoms with Crippen molar-refractivity contribution in [3.8, 4) is 0 Å². The van der Waals surface area contributed by atoms with Crippen LogP contribution in [0.2, 0.25) is 0 Å². The Labute approximate surface area is 89.1 Å². The molecule has 1 rings (SSSR count). The Balaban J connectivity index is 2.55. The number of carboxylic acid groups (broad SMARTS) is 1. The minimum Gasteiger partial charge on any atom is -0.483 e. The van der Waals surface area contributed by atoms with E-state index >= 15 is 0 Å². The summed E-state index contributed by atoms with van der Waals surface area (Å²) >= 11 is 0. The molecular formula is C10H17NO4. The molecule has 0 saturated carbocycles. The SMILES string of the molecule is C=C(NC(C(=O)O)C1CCOCC1)OC. The number of aliphatic carboxylic acids is 1. The second kappa shape index (κ2) is 5.60. The lowest BCUT2D eigenvalue weighted by Gasteiger charge is -2.28. The van der Waals surface area contributed by atoms with Gasteiger partial charge >= 0.3 is 5.97 Å². The number of carbonyl (C=O) groups is 1. The van der Waals surface area contributed by atoms with Gasteiger partial charge in [0.1, 0.15) is 6.04 Å². The molecule has 2 N–H and O–H groups in total. The summed E-state index contributed by atoms with van der Waals surface area (Å²) in [6.07, 6.45) is 1.50. The van der Waals surface area contributed by atoms with Crippen LogP contribution in [0.25, 0.3) is 0 Å². The van der Waals surface area contributed by atoms with E-state index in [1.807, 2.05) is 0 Å². The number of hydrogen-bond donors (Lipinski definition) is 2. The molecule has 1 saturated heterocycles. The number of hydrogen-bond acceptors (Lipinski definition) is 4. The van der Waals surface area contributed by atoms with Gasteiger partial charge in [-0.2, -0.15) is 0 Å². The molecule has 86 valence electrons. The van der Waals surface area contributed by atoms with Crippen LogP contribution in [0.4, 0.5) is 0 Å². The first-order valence-corrected chi connectivity index (χ1v) is 4.95. The zero-order chi connectivity index (χ0) is 11.3. The second-order valence-electron chi connectivity index (χ2n) is 3.54. The summed E-state index contributed by atoms with van der Waals surface area (Å²) in [6, 6.07) is -0.638. The summed E-state index contributed by atoms with van der Waals surface area (Å²) in [5.41, 5.74) is 0. The highest BCUT2D eigenvalue weighted by atomic mass is 16.5. The van der Waals surface area contributed by atoms with Crippen LogP contribution in [0, 0.1) is 5.92 Å². The van der Waals surface area contributed by atoms with E-state index in [1.165, 1.54) is 7.11 Å². The van der Waals surface area contributed by atoms with E-state index in [-0.39, 0.29) is 11.8 Å². The maximum atomic E-state index is 11.1. The first-order valence-electron chi connectivity index (χ1n) is 4.95. The molecule has 0 aromatic rings. The Kier molecular flexibility index (Phi) is 4.42. The van der Waals surface area contributed by atoms with Gasteiger partial charge in [-0.25, -0.2) is 4.79 Å². The van der Waals surface area contributed by atoms with E-state index in [2.05, 4.69) is 11.9 Å². The van der Waals surface area contributed by atoms with E-state index in [1.54, 1.807) is 0 Å². The molecule has 0 aliphatic carbocycles. The van der Waals surface area contributed by atoms with E-state index in [4.69, 9.17) is 14.6 Å². The zero-order valence-corrected chi connectivity index (χ0v) is 8.86. The average Bonchev–Trinajstić information content (AvgIpc) is 2.26. The topological polar surface area (TPSA) is 67.8 Å². The molecule has 15 heavy (non-hydrogen) atoms. The van der Waals surface area contributed by atoms with Crippen LogP contribution < -0.4 is 5.32 Å². The first kappa shape index (κ1) is 11.8. The van der Waals surface area contributed by atoms with Crippen LogP contribution in [0.5, 0.6) is 0 Å². The molecule has 0 radical (unpaired) electrons. The van der Waals surface area contributed by atoms with Crippen LogP contribution in [-0.4, -0.2) is 37.4 Å². The third-order valence-corrected chi connectivity index (χ3v) is 2.57. The number of carboxylic acids is 1. The van der Waals surface area contributed by atoms with Crippen molar-refractivity contribution in [3.05, 3.63) is 12.5 Å². The third kappa shape index (κ3) is 3.43. The number of methoxy groups -OCH3 is 1. The Morgan fingerprint density at radius 1 is 1.60 bits per heavy atom. The molecular weight excluding hydrogens is 198 g/mol. The zero-order valence-electron chi connectivity index (χ0n) is 8.86. The van der Waals surface area contributed by atoms with Gasteiger partial charge in [0.15, 0.2) is 5.88 Å². The van der Waals surface area contributed by atoms with Crippen molar-refractivity contribution in [2.75, 3.05) is 20.3 Å². The Morgan fingerprint density at radius 3 is 2.67 bits per heavy atom. The van der Waals surface area contributed by atoms with Crippen LogP contribution in [0.3, 0.4) is 0 Å². The van der Waals surface area contributed by atoms with Crippen molar-refractivity contribution >= 4 is 5.97 Å². The van der Waals surface area contributed by atoms with Gasteiger partial charge in [-0.1, -0.05) is 0 Å². The van der Waals surface area contributed by atoms with Crippen molar-refractivity contribution < 1.29 is 19.4 Å². The Hall–Kier alpha value is -1.23. The lowest BCUT2D eigenvalue weighted by atomic mass is 9.92. The van der Waals surface area contributed by atoms with Crippen molar-refractivity contribution in [2.45, 2.75) is 18.9 Å². The fourth-order valence-corrected chi connectivity index (χ4v) is 1.66. The van der Waals surface area contributed by atoms with E-state index in [0.29, 0.717) is 13.2 Å². The van der Waals surface area contributed by atoms with Gasteiger partial charge in [-0.05, 0) is 25.3 Å². The number of nitrogens with one attached hydrogen (secondary N) is 1. The Bertz CT molecular complexity index is 236. The highest BCUT2D eigenvalue weighted by Crippen LogP contribution is 2.19. The fraction of sp³-hybridized carbons (Fsp3) is 0.700. The predicted octanol–water partition coefficient (Wildman–Crippen LogP) is 0.573. The molecule has 1 aliphatic rings. The first-order chi connectivity index (χ1) is 7.15. The van der Waals surface area contributed by atoms with Gasteiger partial charge in [-0.3, -0.25) is 0 Å². The molecule has 1 fully saturated rings. The minimum atomic E-state index is -0.875. The van der Waals surface area contributed by atoms with E-state index in [0.717, 1.165) is 12.8 Å². The van der Waals surface area contributed by atoms with Crippen molar-refractivity contribution in [1.29, 1.82) is 0 Å². The van der Waals surface area contributed by atoms with Crippen LogP contribution in [-0.2, 0) is 14.3 Å². The molecule has 0 spiro atoms. The van der Waals surface area contributed by atoms with Crippen LogP contribution in [0.1, 0.15) is 12.8 Å². The fourth-order valence-electron chi connectivity index (χ4n) is 1.66. The van der Waals surface area contributed by atoms with Crippen LogP contribution in [0.15, 0.2) is 12.5 Å². The average molecular weight is 215 g/mol. The molecule has 1 atom stereocenters. The summed E-state index contributed by atoms with van der Waals surface area (Å²) < 4.78 is 10.0. The predicted molar refractivity (Wildman–Crippen MR) is 54.3 cm³/mol. The molecule has 0 aromatic heterocycles. The molecule has 5 heteroatoms. The maximum Gasteiger partial charge on any atom is 0.326 e. The normalized spacial score (nSPS) is 19.3. The molecule has 0 amide bonds. The highest BCUT2D eigenvalue weighted by molar-refractivity contribution is 5.74. The van der Waals surface area contributed by atoms with Gasteiger partial charge in [0.05, 0.1) is 7.11 Å². The second-order valence-corrected chi connectivity index (χ2v) is 3.54. The molecule has 0 bridgehead atoms. The number of rotatable bonds is 5. The van der Waals surface area contributed by atoms with Gasteiger partial charge in [0.25, 0.3) is 0 Å². The van der Waals surface area contributed by atoms with Crippen molar-refractivity contribution in [3.63, 3.8) is 0 Å². The molecule has 0 aromatic carbocycles. The summed E-state index contributed by atoms with van der Waals surface area (Å²) in [5, 5.41) is 11.8. The lowest BCUT2D eigenvalue weighted by molar-refractivity contribution is -0.142. The molecule has 1 heterocycles. The molecule has 1 unspecified atom stereocenters. The van der Waals surface area contributed by atoms with Crippen LogP contribution >= 0.6 is 0 Å². The standard InChI is InChI=1S/C10H17NO4/c1-7(14-2)11-9(10(12)13)8-3-5-15-6-4-8/h8-9,11H,1,3-6H2,2H3,(H,12,13). The highest BCUT2D eigenvalue weighted by Gasteiger charge is 2.29. The lowest BCUT2D eigenvalue weighted by Crippen LogP contribution is -2.44. The summed E-state index contributed by atoms with van der Waals surface area (Å²) in [4.78, 5) is 11.1. The smallest absolute Gasteiger partial charge is 0.326 e. The van der Waals surface area contributed by atoms with E-state index in [9.17, 15) is 4.79 Å². The Morgan fingerprint density at radius 2 is 2.20 bits per heavy atom. The number of ether oxygens (including phenoxy) is 2. The molecule has 1 aliphatic heterocycles. The third-order valence-electron chi connectivity index (χ3n) is 2.57. The maximum absolute atomic E-state index is 11.1. The monoisotopic (exact) mass is 215 g/mol. The largest absolute Gasteiger partial charge is 0.483 e.